The number of likely N-dealkylation sites (N-methyl/N-ethyl adjacent to an activating group) is 1. The van der Waals surface area contributed by atoms with E-state index in [1.807, 2.05) is 0 Å². The summed E-state index contributed by atoms with van der Waals surface area (Å²) in [6.07, 6.45) is 0. The smallest absolute Gasteiger partial charge is 0.318 e. The highest BCUT2D eigenvalue weighted by Crippen LogP contribution is 2.14. The lowest BCUT2D eigenvalue weighted by Gasteiger charge is -2.22. The summed E-state index contributed by atoms with van der Waals surface area (Å²) in [5.41, 5.74) is 0. The fraction of sp³-hybridized carbons (Fsp3) is 0.417. The predicted octanol–water partition coefficient (Wildman–Crippen LogP) is 0.324. The summed E-state index contributed by atoms with van der Waals surface area (Å²) in [5, 5.41) is 8.84. The Morgan fingerprint density at radius 2 is 1.74 bits per heavy atom. The van der Waals surface area contributed by atoms with E-state index < -0.39 is 22.5 Å². The van der Waals surface area contributed by atoms with Crippen molar-refractivity contribution < 1.29 is 18.3 Å². The number of rotatable bonds is 7. The van der Waals surface area contributed by atoms with Crippen LogP contribution in [0.25, 0.3) is 0 Å². The summed E-state index contributed by atoms with van der Waals surface area (Å²) < 4.78 is 25.6. The zero-order chi connectivity index (χ0) is 14.5. The van der Waals surface area contributed by atoms with Crippen molar-refractivity contribution in [2.24, 2.45) is 0 Å². The van der Waals surface area contributed by atoms with Gasteiger partial charge in [0.15, 0.2) is 0 Å². The van der Waals surface area contributed by atoms with Gasteiger partial charge in [0.2, 0.25) is 10.0 Å². The first-order chi connectivity index (χ1) is 8.84. The van der Waals surface area contributed by atoms with Gasteiger partial charge in [-0.3, -0.25) is 4.79 Å². The van der Waals surface area contributed by atoms with Crippen molar-refractivity contribution >= 4 is 16.0 Å². The third kappa shape index (κ3) is 4.62. The van der Waals surface area contributed by atoms with Gasteiger partial charge in [0.05, 0.1) is 4.90 Å². The zero-order valence-electron chi connectivity index (χ0n) is 11.0. The molecule has 106 valence electrons. The SMILES string of the molecule is CN(C)CCN(CC(=O)O)S(=O)(=O)c1ccccc1. The number of aliphatic carboxylic acids is 1. The van der Waals surface area contributed by atoms with Crippen LogP contribution in [0, 0.1) is 0 Å². The van der Waals surface area contributed by atoms with Gasteiger partial charge in [-0.1, -0.05) is 18.2 Å². The minimum Gasteiger partial charge on any atom is -0.480 e. The Labute approximate surface area is 113 Å². The average Bonchev–Trinajstić information content (AvgIpc) is 2.34. The lowest BCUT2D eigenvalue weighted by atomic mass is 10.4. The van der Waals surface area contributed by atoms with Crippen LogP contribution in [0.2, 0.25) is 0 Å². The highest BCUT2D eigenvalue weighted by atomic mass is 32.2. The molecule has 0 saturated carbocycles. The largest absolute Gasteiger partial charge is 0.480 e. The number of carbonyl (C=O) groups is 1. The number of benzene rings is 1. The van der Waals surface area contributed by atoms with E-state index in [0.717, 1.165) is 4.31 Å². The van der Waals surface area contributed by atoms with Crippen LogP contribution in [-0.2, 0) is 14.8 Å². The molecular formula is C12H18N2O4S. The molecule has 0 unspecified atom stereocenters. The summed E-state index contributed by atoms with van der Waals surface area (Å²) in [4.78, 5) is 12.7. The van der Waals surface area contributed by atoms with Crippen LogP contribution in [0.3, 0.4) is 0 Å². The molecule has 0 atom stereocenters. The molecule has 0 aromatic heterocycles. The van der Waals surface area contributed by atoms with Crippen LogP contribution in [0.4, 0.5) is 0 Å². The summed E-state index contributed by atoms with van der Waals surface area (Å²) >= 11 is 0. The number of hydrogen-bond acceptors (Lipinski definition) is 4. The van der Waals surface area contributed by atoms with E-state index in [-0.39, 0.29) is 11.4 Å². The average molecular weight is 286 g/mol. The molecular weight excluding hydrogens is 268 g/mol. The van der Waals surface area contributed by atoms with E-state index in [0.29, 0.717) is 6.54 Å². The maximum Gasteiger partial charge on any atom is 0.318 e. The molecule has 0 amide bonds. The molecule has 7 heteroatoms. The van der Waals surface area contributed by atoms with E-state index >= 15 is 0 Å². The van der Waals surface area contributed by atoms with Crippen LogP contribution in [0.1, 0.15) is 0 Å². The van der Waals surface area contributed by atoms with Crippen LogP contribution in [0.15, 0.2) is 35.2 Å². The van der Waals surface area contributed by atoms with Crippen molar-refractivity contribution in [3.05, 3.63) is 30.3 Å². The Bertz CT molecular complexity index is 514. The van der Waals surface area contributed by atoms with Gasteiger partial charge in [0.25, 0.3) is 0 Å². The highest BCUT2D eigenvalue weighted by molar-refractivity contribution is 7.89. The molecule has 6 nitrogen and oxygen atoms in total. The molecule has 1 N–H and O–H groups in total. The number of hydrogen-bond donors (Lipinski definition) is 1. The second-order valence-corrected chi connectivity index (χ2v) is 6.29. The zero-order valence-corrected chi connectivity index (χ0v) is 11.8. The lowest BCUT2D eigenvalue weighted by Crippen LogP contribution is -2.39. The van der Waals surface area contributed by atoms with E-state index in [1.165, 1.54) is 12.1 Å². The van der Waals surface area contributed by atoms with E-state index in [9.17, 15) is 13.2 Å². The molecule has 0 aliphatic rings. The summed E-state index contributed by atoms with van der Waals surface area (Å²) in [5.74, 6) is -1.17. The van der Waals surface area contributed by atoms with Gasteiger partial charge in [0, 0.05) is 13.1 Å². The molecule has 0 bridgehead atoms. The first-order valence-corrected chi connectivity index (χ1v) is 7.20. The Morgan fingerprint density at radius 3 is 2.21 bits per heavy atom. The third-order valence-electron chi connectivity index (χ3n) is 2.49. The minimum atomic E-state index is -3.77. The number of carboxylic acid groups (broad SMARTS) is 1. The fourth-order valence-electron chi connectivity index (χ4n) is 1.49. The first-order valence-electron chi connectivity index (χ1n) is 5.76. The summed E-state index contributed by atoms with van der Waals surface area (Å²) in [7, 11) is -0.167. The molecule has 19 heavy (non-hydrogen) atoms. The van der Waals surface area contributed by atoms with Crippen molar-refractivity contribution in [2.45, 2.75) is 4.90 Å². The molecule has 0 spiro atoms. The van der Waals surface area contributed by atoms with Gasteiger partial charge in [-0.15, -0.1) is 0 Å². The highest BCUT2D eigenvalue weighted by Gasteiger charge is 2.26. The first kappa shape index (κ1) is 15.6. The molecule has 1 rings (SSSR count). The maximum atomic E-state index is 12.3. The van der Waals surface area contributed by atoms with Gasteiger partial charge in [-0.2, -0.15) is 4.31 Å². The molecule has 0 radical (unpaired) electrons. The van der Waals surface area contributed by atoms with Crippen molar-refractivity contribution in [3.8, 4) is 0 Å². The van der Waals surface area contributed by atoms with Crippen LogP contribution in [0.5, 0.6) is 0 Å². The van der Waals surface area contributed by atoms with Crippen LogP contribution < -0.4 is 0 Å². The Hall–Kier alpha value is -1.44. The summed E-state index contributed by atoms with van der Waals surface area (Å²) in [6.45, 7) is 0.0565. The van der Waals surface area contributed by atoms with E-state index in [4.69, 9.17) is 5.11 Å². The predicted molar refractivity (Wildman–Crippen MR) is 71.4 cm³/mol. The topological polar surface area (TPSA) is 77.9 Å². The second kappa shape index (κ2) is 6.65. The van der Waals surface area contributed by atoms with Gasteiger partial charge >= 0.3 is 5.97 Å². The third-order valence-corrected chi connectivity index (χ3v) is 4.35. The fourth-order valence-corrected chi connectivity index (χ4v) is 2.89. The number of sulfonamides is 1. The Balaban J connectivity index is 2.98. The molecule has 1 aromatic carbocycles. The van der Waals surface area contributed by atoms with E-state index in [1.54, 1.807) is 37.2 Å². The van der Waals surface area contributed by atoms with Gasteiger partial charge < -0.3 is 10.0 Å². The van der Waals surface area contributed by atoms with Crippen LogP contribution in [-0.4, -0.2) is 62.4 Å². The number of nitrogens with zero attached hydrogens (tertiary/aromatic N) is 2. The second-order valence-electron chi connectivity index (χ2n) is 4.35. The van der Waals surface area contributed by atoms with Gasteiger partial charge in [0.1, 0.15) is 6.54 Å². The monoisotopic (exact) mass is 286 g/mol. The maximum absolute atomic E-state index is 12.3. The molecule has 0 aliphatic carbocycles. The Kier molecular flexibility index (Phi) is 5.46. The standard InChI is InChI=1S/C12H18N2O4S/c1-13(2)8-9-14(10-12(15)16)19(17,18)11-6-4-3-5-7-11/h3-7H,8-10H2,1-2H3,(H,15,16). The van der Waals surface area contributed by atoms with Gasteiger partial charge in [-0.25, -0.2) is 8.42 Å². The van der Waals surface area contributed by atoms with Gasteiger partial charge in [-0.05, 0) is 26.2 Å². The van der Waals surface area contributed by atoms with Crippen molar-refractivity contribution in [2.75, 3.05) is 33.7 Å². The lowest BCUT2D eigenvalue weighted by molar-refractivity contribution is -0.137. The van der Waals surface area contributed by atoms with Crippen molar-refractivity contribution in [3.63, 3.8) is 0 Å². The molecule has 0 fully saturated rings. The quantitative estimate of drug-likeness (QED) is 0.781. The number of carboxylic acids is 1. The van der Waals surface area contributed by atoms with Crippen LogP contribution >= 0.6 is 0 Å². The molecule has 0 heterocycles. The molecule has 0 saturated heterocycles. The van der Waals surface area contributed by atoms with E-state index in [2.05, 4.69) is 0 Å². The molecule has 0 aliphatic heterocycles. The molecule has 1 aromatic rings. The van der Waals surface area contributed by atoms with Crippen molar-refractivity contribution in [1.29, 1.82) is 0 Å². The normalized spacial score (nSPS) is 12.0. The summed E-state index contributed by atoms with van der Waals surface area (Å²) in [6, 6.07) is 7.84. The minimum absolute atomic E-state index is 0.106. The Morgan fingerprint density at radius 1 is 1.16 bits per heavy atom. The van der Waals surface area contributed by atoms with Crippen molar-refractivity contribution in [1.82, 2.24) is 9.21 Å².